The second-order valence-electron chi connectivity index (χ2n) is 9.06. The lowest BCUT2D eigenvalue weighted by Gasteiger charge is -2.57. The Labute approximate surface area is 146 Å². The largest absolute Gasteiger partial charge is 0.299 e. The zero-order valence-electron chi connectivity index (χ0n) is 15.0. The highest BCUT2D eigenvalue weighted by atomic mass is 16.1. The van der Waals surface area contributed by atoms with Gasteiger partial charge in [-0.1, -0.05) is 31.4 Å². The fourth-order valence-corrected chi connectivity index (χ4v) is 6.92. The highest BCUT2D eigenvalue weighted by Gasteiger charge is 2.59. The Bertz CT molecular complexity index is 686. The zero-order chi connectivity index (χ0) is 17.1. The van der Waals surface area contributed by atoms with Crippen molar-refractivity contribution in [1.82, 2.24) is 0 Å². The van der Waals surface area contributed by atoms with Gasteiger partial charge in [-0.3, -0.25) is 4.79 Å². The van der Waals surface area contributed by atoms with Crippen LogP contribution in [0.5, 0.6) is 0 Å². The number of carbonyl (C=O) groups is 1. The number of allylic oxidation sites excluding steroid dienone is 2. The van der Waals surface area contributed by atoms with E-state index in [0.29, 0.717) is 23.5 Å². The summed E-state index contributed by atoms with van der Waals surface area (Å²) in [4.78, 5) is 12.5. The van der Waals surface area contributed by atoms with Crippen LogP contribution >= 0.6 is 0 Å². The Morgan fingerprint density at radius 2 is 1.75 bits per heavy atom. The molecule has 0 amide bonds. The molecule has 0 unspecified atom stereocenters. The van der Waals surface area contributed by atoms with Gasteiger partial charge in [0.2, 0.25) is 0 Å². The van der Waals surface area contributed by atoms with Crippen LogP contribution < -0.4 is 0 Å². The Morgan fingerprint density at radius 3 is 2.46 bits per heavy atom. The van der Waals surface area contributed by atoms with E-state index in [-0.39, 0.29) is 22.7 Å². The number of terminal acetylenes is 2. The molecule has 0 aliphatic heterocycles. The van der Waals surface area contributed by atoms with Gasteiger partial charge in [0.25, 0.3) is 0 Å². The van der Waals surface area contributed by atoms with Crippen LogP contribution in [0.1, 0.15) is 58.8 Å². The number of Topliss-reactive ketones (excluding diaryl/α,β-unsaturated/α-hetero) is 1. The minimum Gasteiger partial charge on any atom is -0.299 e. The summed E-state index contributed by atoms with van der Waals surface area (Å²) in [6.45, 7) is 4.68. The van der Waals surface area contributed by atoms with Gasteiger partial charge in [-0.25, -0.2) is 0 Å². The lowest BCUT2D eigenvalue weighted by molar-refractivity contribution is -0.131. The first kappa shape index (κ1) is 16.0. The average molecular weight is 320 g/mol. The molecule has 0 aromatic heterocycles. The molecule has 3 saturated carbocycles. The van der Waals surface area contributed by atoms with Crippen LogP contribution in [0.2, 0.25) is 0 Å². The van der Waals surface area contributed by atoms with Crippen molar-refractivity contribution in [3.05, 3.63) is 11.6 Å². The lowest BCUT2D eigenvalue weighted by atomic mass is 9.46. The highest BCUT2D eigenvalue weighted by Crippen LogP contribution is 2.65. The third-order valence-electron chi connectivity index (χ3n) is 8.34. The fraction of sp³-hybridized carbons (Fsp3) is 0.696. The van der Waals surface area contributed by atoms with Gasteiger partial charge in [0, 0.05) is 17.8 Å². The maximum absolute atomic E-state index is 12.5. The predicted molar refractivity (Wildman–Crippen MR) is 96.7 cm³/mol. The number of hydrogen-bond donors (Lipinski definition) is 0. The van der Waals surface area contributed by atoms with Crippen LogP contribution in [0.15, 0.2) is 11.6 Å². The molecule has 1 heteroatoms. The third kappa shape index (κ3) is 1.88. The Hall–Kier alpha value is -1.47. The SMILES string of the molecule is C#C[C@H]1CC[C@@]2(C)C(=CC[C@@H]3[C@@H]2CC[C@]2(C)C(=O)CC[C@@H]32)[C@@H]1C#C. The molecule has 4 aliphatic rings. The second kappa shape index (κ2) is 5.26. The van der Waals surface area contributed by atoms with Crippen molar-refractivity contribution >= 4 is 5.78 Å². The second-order valence-corrected chi connectivity index (χ2v) is 9.06. The van der Waals surface area contributed by atoms with E-state index in [9.17, 15) is 4.79 Å². The molecule has 0 spiro atoms. The quantitative estimate of drug-likeness (QED) is 0.470. The average Bonchev–Trinajstić information content (AvgIpc) is 2.88. The molecule has 0 N–H and O–H groups in total. The standard InChI is InChI=1S/C23H28O/c1-5-15-11-13-22(3)18(16(15)6-2)8-7-17-19-9-10-21(24)23(19,4)14-12-20(17)22/h1-2,8,15-17,19-20H,7,9-14H2,3-4H3/t15-,16+,17-,19-,20-,22-,23-/m0/s1. The summed E-state index contributed by atoms with van der Waals surface area (Å²) in [6.07, 6.45) is 21.5. The molecular formula is C23H28O. The summed E-state index contributed by atoms with van der Waals surface area (Å²) in [7, 11) is 0. The number of hydrogen-bond acceptors (Lipinski definition) is 1. The van der Waals surface area contributed by atoms with E-state index >= 15 is 0 Å². The van der Waals surface area contributed by atoms with Crippen LogP contribution in [0.4, 0.5) is 0 Å². The monoisotopic (exact) mass is 320 g/mol. The van der Waals surface area contributed by atoms with Gasteiger partial charge >= 0.3 is 0 Å². The van der Waals surface area contributed by atoms with E-state index in [1.54, 1.807) is 0 Å². The molecule has 3 fully saturated rings. The van der Waals surface area contributed by atoms with Crippen molar-refractivity contribution in [2.24, 2.45) is 40.4 Å². The molecule has 24 heavy (non-hydrogen) atoms. The maximum atomic E-state index is 12.5. The van der Waals surface area contributed by atoms with Gasteiger partial charge in [0.1, 0.15) is 5.78 Å². The topological polar surface area (TPSA) is 17.1 Å². The van der Waals surface area contributed by atoms with Crippen molar-refractivity contribution in [1.29, 1.82) is 0 Å². The minimum atomic E-state index is -0.0512. The van der Waals surface area contributed by atoms with Crippen molar-refractivity contribution in [3.8, 4) is 24.7 Å². The predicted octanol–water partition coefficient (Wildman–Crippen LogP) is 4.63. The zero-order valence-corrected chi connectivity index (χ0v) is 15.0. The Morgan fingerprint density at radius 1 is 1.04 bits per heavy atom. The summed E-state index contributed by atoms with van der Waals surface area (Å²) < 4.78 is 0. The number of rotatable bonds is 0. The molecule has 1 nitrogen and oxygen atoms in total. The highest BCUT2D eigenvalue weighted by molar-refractivity contribution is 5.87. The van der Waals surface area contributed by atoms with Crippen LogP contribution in [0, 0.1) is 65.1 Å². The van der Waals surface area contributed by atoms with Crippen LogP contribution in [-0.4, -0.2) is 5.78 Å². The van der Waals surface area contributed by atoms with Gasteiger partial charge in [0.15, 0.2) is 0 Å². The minimum absolute atomic E-state index is 0.0512. The number of carbonyl (C=O) groups excluding carboxylic acids is 1. The van der Waals surface area contributed by atoms with Crippen molar-refractivity contribution in [3.63, 3.8) is 0 Å². The van der Waals surface area contributed by atoms with Crippen LogP contribution in [0.3, 0.4) is 0 Å². The van der Waals surface area contributed by atoms with Gasteiger partial charge in [-0.05, 0) is 61.7 Å². The van der Waals surface area contributed by atoms with Gasteiger partial charge in [-0.15, -0.1) is 18.8 Å². The molecule has 0 aromatic rings. The number of fused-ring (bicyclic) bond motifs is 5. The van der Waals surface area contributed by atoms with Crippen molar-refractivity contribution in [2.75, 3.05) is 0 Å². The first-order chi connectivity index (χ1) is 11.5. The lowest BCUT2D eigenvalue weighted by Crippen LogP contribution is -2.51. The molecule has 0 saturated heterocycles. The molecule has 4 rings (SSSR count). The molecule has 4 aliphatic carbocycles. The van der Waals surface area contributed by atoms with Gasteiger partial charge in [-0.2, -0.15) is 0 Å². The molecule has 126 valence electrons. The Balaban J connectivity index is 1.73. The summed E-state index contributed by atoms with van der Waals surface area (Å²) in [5.41, 5.74) is 1.60. The van der Waals surface area contributed by atoms with E-state index in [4.69, 9.17) is 12.8 Å². The molecule has 0 aromatic carbocycles. The van der Waals surface area contributed by atoms with Gasteiger partial charge in [0.05, 0.1) is 5.92 Å². The summed E-state index contributed by atoms with van der Waals surface area (Å²) in [5, 5.41) is 0. The van der Waals surface area contributed by atoms with Gasteiger partial charge < -0.3 is 0 Å². The van der Waals surface area contributed by atoms with Crippen molar-refractivity contribution < 1.29 is 4.79 Å². The number of ketones is 1. The molecule has 7 atom stereocenters. The first-order valence-electron chi connectivity index (χ1n) is 9.62. The first-order valence-corrected chi connectivity index (χ1v) is 9.62. The summed E-state index contributed by atoms with van der Waals surface area (Å²) in [6, 6.07) is 0. The maximum Gasteiger partial charge on any atom is 0.139 e. The fourth-order valence-electron chi connectivity index (χ4n) is 6.92. The van der Waals surface area contributed by atoms with Crippen LogP contribution in [-0.2, 0) is 4.79 Å². The summed E-state index contributed by atoms with van der Waals surface area (Å²) in [5.74, 6) is 8.72. The Kier molecular flexibility index (Phi) is 3.51. The van der Waals surface area contributed by atoms with E-state index in [2.05, 4.69) is 31.8 Å². The van der Waals surface area contributed by atoms with E-state index in [0.717, 1.165) is 38.5 Å². The smallest absolute Gasteiger partial charge is 0.139 e. The van der Waals surface area contributed by atoms with Crippen molar-refractivity contribution in [2.45, 2.75) is 58.8 Å². The van der Waals surface area contributed by atoms with E-state index < -0.39 is 0 Å². The molecule has 0 bridgehead atoms. The molecule has 0 heterocycles. The van der Waals surface area contributed by atoms with Crippen LogP contribution in [0.25, 0.3) is 0 Å². The third-order valence-corrected chi connectivity index (χ3v) is 8.34. The summed E-state index contributed by atoms with van der Waals surface area (Å²) >= 11 is 0. The normalized spacial score (nSPS) is 49.9. The van der Waals surface area contributed by atoms with E-state index in [1.807, 2.05) is 0 Å². The van der Waals surface area contributed by atoms with E-state index in [1.165, 1.54) is 12.0 Å². The molecule has 0 radical (unpaired) electrons. The molecular weight excluding hydrogens is 292 g/mol.